The van der Waals surface area contributed by atoms with Gasteiger partial charge in [0, 0.05) is 12.1 Å². The second-order valence-electron chi connectivity index (χ2n) is 5.78. The van der Waals surface area contributed by atoms with Crippen LogP contribution in [0.25, 0.3) is 0 Å². The van der Waals surface area contributed by atoms with Gasteiger partial charge in [-0.15, -0.1) is 0 Å². The zero-order valence-electron chi connectivity index (χ0n) is 11.9. The van der Waals surface area contributed by atoms with E-state index in [2.05, 4.69) is 5.16 Å². The normalized spacial score (nSPS) is 25.6. The van der Waals surface area contributed by atoms with Crippen LogP contribution < -0.4 is 0 Å². The highest BCUT2D eigenvalue weighted by molar-refractivity contribution is 7.92. The van der Waals surface area contributed by atoms with E-state index in [0.29, 0.717) is 12.1 Å². The minimum absolute atomic E-state index is 0.0536. The molecule has 0 aromatic carbocycles. The number of sulfone groups is 1. The summed E-state index contributed by atoms with van der Waals surface area (Å²) in [5, 5.41) is 3.70. The maximum atomic E-state index is 12.9. The third-order valence-corrected chi connectivity index (χ3v) is 7.98. The van der Waals surface area contributed by atoms with E-state index >= 15 is 0 Å². The van der Waals surface area contributed by atoms with E-state index in [1.54, 1.807) is 13.8 Å². The Morgan fingerprint density at radius 1 is 1.19 bits per heavy atom. The Balaban J connectivity index is 2.02. The molecular weight excluding hydrogens is 316 g/mol. The maximum Gasteiger partial charge on any atom is 0.249 e. The molecule has 1 atom stereocenters. The van der Waals surface area contributed by atoms with Crippen LogP contribution in [0.15, 0.2) is 9.42 Å². The molecule has 0 radical (unpaired) electrons. The van der Waals surface area contributed by atoms with Gasteiger partial charge in [-0.05, 0) is 33.1 Å². The molecule has 7 nitrogen and oxygen atoms in total. The Kier molecular flexibility index (Phi) is 3.42. The van der Waals surface area contributed by atoms with Crippen LogP contribution in [-0.4, -0.2) is 49.9 Å². The number of hydrogen-bond donors (Lipinski definition) is 0. The summed E-state index contributed by atoms with van der Waals surface area (Å²) >= 11 is 0. The topological polar surface area (TPSA) is 97.6 Å². The largest absolute Gasteiger partial charge is 0.360 e. The van der Waals surface area contributed by atoms with Crippen molar-refractivity contribution in [2.24, 2.45) is 0 Å². The summed E-state index contributed by atoms with van der Waals surface area (Å²) in [6.45, 7) is 3.14. The van der Waals surface area contributed by atoms with Crippen LogP contribution in [0, 0.1) is 13.8 Å². The highest BCUT2D eigenvalue weighted by atomic mass is 32.2. The van der Waals surface area contributed by atoms with E-state index in [9.17, 15) is 16.8 Å². The zero-order valence-corrected chi connectivity index (χ0v) is 13.6. The smallest absolute Gasteiger partial charge is 0.249 e. The van der Waals surface area contributed by atoms with Crippen molar-refractivity contribution >= 4 is 19.9 Å². The monoisotopic (exact) mass is 334 g/mol. The molecule has 1 saturated heterocycles. The first-order valence-corrected chi connectivity index (χ1v) is 10.2. The average Bonchev–Trinajstić information content (AvgIpc) is 3.02. The van der Waals surface area contributed by atoms with Crippen LogP contribution in [0.1, 0.15) is 30.7 Å². The lowest BCUT2D eigenvalue weighted by atomic mass is 10.2. The first-order chi connectivity index (χ1) is 9.72. The summed E-state index contributed by atoms with van der Waals surface area (Å²) < 4.78 is 55.6. The van der Waals surface area contributed by atoms with Gasteiger partial charge >= 0.3 is 0 Å². The molecule has 0 spiro atoms. The average molecular weight is 334 g/mol. The van der Waals surface area contributed by atoms with Gasteiger partial charge < -0.3 is 4.52 Å². The lowest BCUT2D eigenvalue weighted by Crippen LogP contribution is -2.43. The van der Waals surface area contributed by atoms with E-state index < -0.39 is 25.9 Å². The van der Waals surface area contributed by atoms with Crippen molar-refractivity contribution < 1.29 is 21.4 Å². The van der Waals surface area contributed by atoms with Crippen LogP contribution in [-0.2, 0) is 19.9 Å². The zero-order chi connectivity index (χ0) is 15.4. The number of nitrogens with zero attached hydrogens (tertiary/aromatic N) is 2. The van der Waals surface area contributed by atoms with Crippen LogP contribution in [0.2, 0.25) is 0 Å². The fourth-order valence-corrected chi connectivity index (χ4v) is 6.95. The van der Waals surface area contributed by atoms with Crippen molar-refractivity contribution in [2.45, 2.75) is 50.1 Å². The summed E-state index contributed by atoms with van der Waals surface area (Å²) in [6, 6.07) is -0.566. The Hall–Kier alpha value is -0.930. The van der Waals surface area contributed by atoms with Gasteiger partial charge in [-0.1, -0.05) is 5.16 Å². The van der Waals surface area contributed by atoms with Gasteiger partial charge in [0.2, 0.25) is 10.0 Å². The van der Waals surface area contributed by atoms with Gasteiger partial charge in [0.15, 0.2) is 15.6 Å². The number of aryl methyl sites for hydroxylation is 2. The lowest BCUT2D eigenvalue weighted by molar-refractivity contribution is 0.331. The van der Waals surface area contributed by atoms with E-state index in [1.807, 2.05) is 0 Å². The summed E-state index contributed by atoms with van der Waals surface area (Å²) in [7, 11) is -6.92. The van der Waals surface area contributed by atoms with Crippen LogP contribution in [0.3, 0.4) is 0 Å². The van der Waals surface area contributed by atoms with Gasteiger partial charge in [-0.25, -0.2) is 16.8 Å². The Labute approximate surface area is 124 Å². The Morgan fingerprint density at radius 2 is 1.86 bits per heavy atom. The summed E-state index contributed by atoms with van der Waals surface area (Å²) in [5.74, 6) is 0.211. The Morgan fingerprint density at radius 3 is 2.29 bits per heavy atom. The SMILES string of the molecule is Cc1noc(C)c1S(=O)(=O)N(C1CC1)C1CCS(=O)(=O)C1. The highest BCUT2D eigenvalue weighted by Crippen LogP contribution is 2.38. The lowest BCUT2D eigenvalue weighted by Gasteiger charge is -2.27. The predicted octanol–water partition coefficient (Wildman–Crippen LogP) is 0.632. The molecule has 1 aromatic rings. The molecule has 9 heteroatoms. The van der Waals surface area contributed by atoms with E-state index in [1.165, 1.54) is 4.31 Å². The summed E-state index contributed by atoms with van der Waals surface area (Å²) in [5.41, 5.74) is 0.319. The molecule has 3 rings (SSSR count). The second-order valence-corrected chi connectivity index (χ2v) is 9.79. The van der Waals surface area contributed by atoms with Crippen molar-refractivity contribution in [2.75, 3.05) is 11.5 Å². The van der Waals surface area contributed by atoms with Crippen molar-refractivity contribution in [3.05, 3.63) is 11.5 Å². The molecule has 1 aliphatic heterocycles. The van der Waals surface area contributed by atoms with E-state index in [0.717, 1.165) is 12.8 Å². The van der Waals surface area contributed by atoms with E-state index in [-0.39, 0.29) is 28.2 Å². The van der Waals surface area contributed by atoms with Crippen LogP contribution in [0.5, 0.6) is 0 Å². The van der Waals surface area contributed by atoms with Crippen LogP contribution in [0.4, 0.5) is 0 Å². The number of aromatic nitrogens is 1. The third kappa shape index (κ3) is 2.62. The molecule has 1 unspecified atom stereocenters. The summed E-state index contributed by atoms with van der Waals surface area (Å²) in [4.78, 5) is 0.0821. The molecule has 2 fully saturated rings. The number of rotatable bonds is 4. The fraction of sp³-hybridized carbons (Fsp3) is 0.750. The number of hydrogen-bond acceptors (Lipinski definition) is 6. The third-order valence-electron chi connectivity index (χ3n) is 3.98. The standard InChI is InChI=1S/C12H18N2O5S2/c1-8-12(9(2)19-13-8)21(17,18)14(10-3-4-10)11-5-6-20(15,16)7-11/h10-11H,3-7H2,1-2H3. The van der Waals surface area contributed by atoms with Crippen molar-refractivity contribution in [1.82, 2.24) is 9.46 Å². The molecule has 2 heterocycles. The maximum absolute atomic E-state index is 12.9. The molecule has 21 heavy (non-hydrogen) atoms. The predicted molar refractivity (Wildman–Crippen MR) is 75.1 cm³/mol. The minimum Gasteiger partial charge on any atom is -0.360 e. The summed E-state index contributed by atoms with van der Waals surface area (Å²) in [6.07, 6.45) is 1.92. The molecule has 0 bridgehead atoms. The minimum atomic E-state index is -3.78. The van der Waals surface area contributed by atoms with Crippen molar-refractivity contribution in [1.29, 1.82) is 0 Å². The highest BCUT2D eigenvalue weighted by Gasteiger charge is 2.47. The molecule has 118 valence electrons. The van der Waals surface area contributed by atoms with Gasteiger partial charge in [0.25, 0.3) is 0 Å². The second kappa shape index (κ2) is 4.79. The van der Waals surface area contributed by atoms with E-state index in [4.69, 9.17) is 4.52 Å². The molecule has 0 N–H and O–H groups in total. The molecule has 2 aliphatic rings. The molecule has 1 aromatic heterocycles. The van der Waals surface area contributed by atoms with Crippen LogP contribution >= 0.6 is 0 Å². The Bertz CT molecular complexity index is 742. The first kappa shape index (κ1) is 15.0. The molecule has 0 amide bonds. The van der Waals surface area contributed by atoms with Gasteiger partial charge in [-0.2, -0.15) is 4.31 Å². The van der Waals surface area contributed by atoms with Gasteiger partial charge in [0.1, 0.15) is 10.6 Å². The van der Waals surface area contributed by atoms with Gasteiger partial charge in [-0.3, -0.25) is 0 Å². The van der Waals surface area contributed by atoms with Crippen molar-refractivity contribution in [3.63, 3.8) is 0 Å². The fourth-order valence-electron chi connectivity index (χ4n) is 2.94. The first-order valence-electron chi connectivity index (χ1n) is 6.89. The molecular formula is C12H18N2O5S2. The van der Waals surface area contributed by atoms with Crippen molar-refractivity contribution in [3.8, 4) is 0 Å². The quantitative estimate of drug-likeness (QED) is 0.801. The molecule has 1 saturated carbocycles. The van der Waals surface area contributed by atoms with Gasteiger partial charge in [0.05, 0.1) is 11.5 Å². The number of sulfonamides is 1. The molecule has 1 aliphatic carbocycles.